The standard InChI is InChI=1S/C8H15N/c1-5-9-6-8(4)7(2)3/h6H,5H2,1-4H3. The lowest BCUT2D eigenvalue weighted by molar-refractivity contribution is 1.13. The van der Waals surface area contributed by atoms with Crippen LogP contribution in [0.5, 0.6) is 0 Å². The summed E-state index contributed by atoms with van der Waals surface area (Å²) < 4.78 is 0. The molecule has 0 aliphatic heterocycles. The first kappa shape index (κ1) is 8.41. The molecule has 0 amide bonds. The van der Waals surface area contributed by atoms with Gasteiger partial charge in [0.25, 0.3) is 0 Å². The van der Waals surface area contributed by atoms with Crippen LogP contribution in [-0.4, -0.2) is 12.8 Å². The number of hydrogen-bond acceptors (Lipinski definition) is 1. The number of rotatable bonds is 2. The Labute approximate surface area is 57.5 Å². The van der Waals surface area contributed by atoms with Crippen molar-refractivity contribution in [3.63, 3.8) is 0 Å². The van der Waals surface area contributed by atoms with Crippen molar-refractivity contribution < 1.29 is 0 Å². The Hall–Kier alpha value is -0.590. The average molecular weight is 125 g/mol. The van der Waals surface area contributed by atoms with Gasteiger partial charge in [-0.3, -0.25) is 4.99 Å². The van der Waals surface area contributed by atoms with Gasteiger partial charge in [0.2, 0.25) is 0 Å². The van der Waals surface area contributed by atoms with Crippen molar-refractivity contribution in [2.75, 3.05) is 6.54 Å². The first-order valence-corrected chi connectivity index (χ1v) is 3.32. The summed E-state index contributed by atoms with van der Waals surface area (Å²) >= 11 is 0. The highest BCUT2D eigenvalue weighted by molar-refractivity contribution is 5.78. The zero-order valence-electron chi connectivity index (χ0n) is 6.73. The molecule has 9 heavy (non-hydrogen) atoms. The quantitative estimate of drug-likeness (QED) is 0.503. The van der Waals surface area contributed by atoms with E-state index < -0.39 is 0 Å². The molecule has 0 aromatic rings. The predicted octanol–water partition coefficient (Wildman–Crippen LogP) is 2.43. The van der Waals surface area contributed by atoms with Crippen molar-refractivity contribution in [1.82, 2.24) is 0 Å². The van der Waals surface area contributed by atoms with Crippen molar-refractivity contribution in [1.29, 1.82) is 0 Å². The Morgan fingerprint density at radius 2 is 1.89 bits per heavy atom. The van der Waals surface area contributed by atoms with Crippen LogP contribution in [-0.2, 0) is 0 Å². The van der Waals surface area contributed by atoms with E-state index in [9.17, 15) is 0 Å². The zero-order chi connectivity index (χ0) is 7.28. The molecule has 0 spiro atoms. The molecule has 0 bridgehead atoms. The van der Waals surface area contributed by atoms with Crippen LogP contribution >= 0.6 is 0 Å². The molecule has 52 valence electrons. The topological polar surface area (TPSA) is 12.4 Å². The number of allylic oxidation sites excluding steroid dienone is 2. The molecule has 0 aliphatic carbocycles. The highest BCUT2D eigenvalue weighted by atomic mass is 14.7. The summed E-state index contributed by atoms with van der Waals surface area (Å²) in [6, 6.07) is 0. The Morgan fingerprint density at radius 1 is 1.33 bits per heavy atom. The van der Waals surface area contributed by atoms with Crippen LogP contribution in [0.2, 0.25) is 0 Å². The number of hydrogen-bond donors (Lipinski definition) is 0. The maximum Gasteiger partial charge on any atom is 0.0361 e. The normalized spacial score (nSPS) is 10.2. The smallest absolute Gasteiger partial charge is 0.0361 e. The molecule has 0 aromatic carbocycles. The van der Waals surface area contributed by atoms with Gasteiger partial charge in [0, 0.05) is 12.8 Å². The van der Waals surface area contributed by atoms with Crippen molar-refractivity contribution in [3.05, 3.63) is 11.1 Å². The van der Waals surface area contributed by atoms with Crippen LogP contribution in [0.3, 0.4) is 0 Å². The average Bonchev–Trinajstić information content (AvgIpc) is 1.82. The molecule has 1 nitrogen and oxygen atoms in total. The fraction of sp³-hybridized carbons (Fsp3) is 0.625. The van der Waals surface area contributed by atoms with Gasteiger partial charge in [-0.15, -0.1) is 0 Å². The Morgan fingerprint density at radius 3 is 2.22 bits per heavy atom. The summed E-state index contributed by atoms with van der Waals surface area (Å²) in [5.41, 5.74) is 2.61. The van der Waals surface area contributed by atoms with E-state index in [1.807, 2.05) is 13.1 Å². The molecule has 0 radical (unpaired) electrons. The van der Waals surface area contributed by atoms with Gasteiger partial charge in [-0.1, -0.05) is 5.57 Å². The van der Waals surface area contributed by atoms with E-state index in [-0.39, 0.29) is 0 Å². The molecule has 0 saturated heterocycles. The van der Waals surface area contributed by atoms with Crippen LogP contribution in [0.15, 0.2) is 16.1 Å². The summed E-state index contributed by atoms with van der Waals surface area (Å²) in [6.07, 6.45) is 1.93. The first-order chi connectivity index (χ1) is 4.18. The van der Waals surface area contributed by atoms with Gasteiger partial charge >= 0.3 is 0 Å². The van der Waals surface area contributed by atoms with E-state index in [4.69, 9.17) is 0 Å². The fourth-order valence-corrected chi connectivity index (χ4v) is 0.357. The summed E-state index contributed by atoms with van der Waals surface area (Å²) in [5, 5.41) is 0. The van der Waals surface area contributed by atoms with Crippen molar-refractivity contribution in [2.24, 2.45) is 4.99 Å². The van der Waals surface area contributed by atoms with Crippen molar-refractivity contribution in [2.45, 2.75) is 27.7 Å². The highest BCUT2D eigenvalue weighted by Gasteiger charge is 1.82. The zero-order valence-corrected chi connectivity index (χ0v) is 6.73. The van der Waals surface area contributed by atoms with E-state index in [1.165, 1.54) is 11.1 Å². The molecular formula is C8H15N. The minimum absolute atomic E-state index is 0.880. The Bertz CT molecular complexity index is 128. The molecular weight excluding hydrogens is 110 g/mol. The molecule has 0 atom stereocenters. The SMILES string of the molecule is CCN=CC(C)=C(C)C. The molecule has 0 aromatic heterocycles. The second-order valence-electron chi connectivity index (χ2n) is 2.31. The number of aliphatic imine (C=N–C) groups is 1. The van der Waals surface area contributed by atoms with E-state index >= 15 is 0 Å². The molecule has 0 rings (SSSR count). The molecule has 0 fully saturated rings. The van der Waals surface area contributed by atoms with Gasteiger partial charge in [-0.2, -0.15) is 0 Å². The lowest BCUT2D eigenvalue weighted by atomic mass is 10.2. The van der Waals surface area contributed by atoms with E-state index in [0.29, 0.717) is 0 Å². The predicted molar refractivity (Wildman–Crippen MR) is 43.1 cm³/mol. The molecule has 0 unspecified atom stereocenters. The highest BCUT2D eigenvalue weighted by Crippen LogP contribution is 1.97. The van der Waals surface area contributed by atoms with Crippen LogP contribution in [0, 0.1) is 0 Å². The van der Waals surface area contributed by atoms with Crippen LogP contribution in [0.1, 0.15) is 27.7 Å². The van der Waals surface area contributed by atoms with Crippen LogP contribution in [0.25, 0.3) is 0 Å². The molecule has 0 saturated carbocycles. The minimum Gasteiger partial charge on any atom is -0.293 e. The first-order valence-electron chi connectivity index (χ1n) is 3.32. The van der Waals surface area contributed by atoms with E-state index in [1.54, 1.807) is 0 Å². The molecule has 1 heteroatoms. The van der Waals surface area contributed by atoms with Gasteiger partial charge in [-0.25, -0.2) is 0 Å². The lowest BCUT2D eigenvalue weighted by Crippen LogP contribution is -1.81. The van der Waals surface area contributed by atoms with Crippen LogP contribution < -0.4 is 0 Å². The van der Waals surface area contributed by atoms with Gasteiger partial charge < -0.3 is 0 Å². The summed E-state index contributed by atoms with van der Waals surface area (Å²) in [6.45, 7) is 9.18. The number of nitrogens with zero attached hydrogens (tertiary/aromatic N) is 1. The van der Waals surface area contributed by atoms with Gasteiger partial charge in [0.15, 0.2) is 0 Å². The minimum atomic E-state index is 0.880. The molecule has 0 aliphatic rings. The molecule has 0 N–H and O–H groups in total. The molecule has 0 heterocycles. The summed E-state index contributed by atoms with van der Waals surface area (Å²) in [7, 11) is 0. The largest absolute Gasteiger partial charge is 0.293 e. The maximum atomic E-state index is 4.11. The Kier molecular flexibility index (Phi) is 4.02. The third-order valence-corrected chi connectivity index (χ3v) is 1.26. The third kappa shape index (κ3) is 3.95. The summed E-state index contributed by atoms with van der Waals surface area (Å²) in [5.74, 6) is 0. The van der Waals surface area contributed by atoms with Gasteiger partial charge in [0.1, 0.15) is 0 Å². The maximum absolute atomic E-state index is 4.11. The lowest BCUT2D eigenvalue weighted by Gasteiger charge is -1.92. The van der Waals surface area contributed by atoms with Crippen molar-refractivity contribution >= 4 is 6.21 Å². The second-order valence-corrected chi connectivity index (χ2v) is 2.31. The summed E-state index contributed by atoms with van der Waals surface area (Å²) in [4.78, 5) is 4.11. The second kappa shape index (κ2) is 4.30. The van der Waals surface area contributed by atoms with E-state index in [2.05, 4.69) is 25.8 Å². The van der Waals surface area contributed by atoms with Gasteiger partial charge in [0.05, 0.1) is 0 Å². The van der Waals surface area contributed by atoms with E-state index in [0.717, 1.165) is 6.54 Å². The Balaban J connectivity index is 3.91. The monoisotopic (exact) mass is 125 g/mol. The van der Waals surface area contributed by atoms with Gasteiger partial charge in [-0.05, 0) is 33.3 Å². The van der Waals surface area contributed by atoms with Crippen molar-refractivity contribution in [3.8, 4) is 0 Å². The fourth-order valence-electron chi connectivity index (χ4n) is 0.357. The third-order valence-electron chi connectivity index (χ3n) is 1.26. The van der Waals surface area contributed by atoms with Crippen LogP contribution in [0.4, 0.5) is 0 Å².